The fourth-order valence-electron chi connectivity index (χ4n) is 6.76. The Morgan fingerprint density at radius 2 is 2.12 bits per heavy atom. The summed E-state index contributed by atoms with van der Waals surface area (Å²) < 4.78 is 5.55. The standard InChI is InChI=1S/C23H31NO2/c1-15-10-18(25)13-23-8-9-24(14-16-4-3-5-16)21(22(15)23)11-17-6-7-19(26-2)12-20(17)23/h6-7,12,15-16,21-22H,3-5,8-11,13-14H2,1-2H3/t15?,21-,22+,23-/m1/s1. The molecule has 1 unspecified atom stereocenters. The first-order valence-corrected chi connectivity index (χ1v) is 10.5. The van der Waals surface area contributed by atoms with Crippen LogP contribution in [0.1, 0.15) is 56.6 Å². The Balaban J connectivity index is 1.58. The van der Waals surface area contributed by atoms with E-state index in [0.717, 1.165) is 43.9 Å². The number of Topliss-reactive ketones (excluding diaryl/α,β-unsaturated/α-hetero) is 1. The molecule has 140 valence electrons. The molecule has 3 nitrogen and oxygen atoms in total. The zero-order valence-corrected chi connectivity index (χ0v) is 16.2. The predicted octanol–water partition coefficient (Wildman–Crippen LogP) is 3.98. The third-order valence-corrected chi connectivity index (χ3v) is 8.04. The van der Waals surface area contributed by atoms with E-state index in [4.69, 9.17) is 4.74 Å². The number of ketones is 1. The number of methoxy groups -OCH3 is 1. The zero-order valence-electron chi connectivity index (χ0n) is 16.2. The number of likely N-dealkylation sites (tertiary alicyclic amines) is 1. The largest absolute Gasteiger partial charge is 0.497 e. The highest BCUT2D eigenvalue weighted by Gasteiger charge is 2.58. The molecule has 4 atom stereocenters. The summed E-state index contributed by atoms with van der Waals surface area (Å²) in [7, 11) is 1.75. The van der Waals surface area contributed by atoms with Gasteiger partial charge in [-0.05, 0) is 73.2 Å². The second kappa shape index (κ2) is 6.09. The molecule has 0 aromatic heterocycles. The molecule has 1 aliphatic heterocycles. The Labute approximate surface area is 157 Å². The molecule has 5 rings (SSSR count). The number of piperidine rings is 1. The van der Waals surface area contributed by atoms with E-state index < -0.39 is 0 Å². The molecule has 0 amide bonds. The summed E-state index contributed by atoms with van der Waals surface area (Å²) in [6, 6.07) is 7.25. The minimum absolute atomic E-state index is 0.0532. The van der Waals surface area contributed by atoms with Gasteiger partial charge in [0.1, 0.15) is 11.5 Å². The highest BCUT2D eigenvalue weighted by Crippen LogP contribution is 2.57. The van der Waals surface area contributed by atoms with Gasteiger partial charge in [-0.3, -0.25) is 9.69 Å². The first-order valence-electron chi connectivity index (χ1n) is 10.5. The van der Waals surface area contributed by atoms with E-state index in [1.54, 1.807) is 7.11 Å². The summed E-state index contributed by atoms with van der Waals surface area (Å²) >= 11 is 0. The van der Waals surface area contributed by atoms with Gasteiger partial charge >= 0.3 is 0 Å². The smallest absolute Gasteiger partial charge is 0.134 e. The highest BCUT2D eigenvalue weighted by molar-refractivity contribution is 5.82. The number of hydrogen-bond donors (Lipinski definition) is 0. The van der Waals surface area contributed by atoms with Crippen LogP contribution in [0.4, 0.5) is 0 Å². The Morgan fingerprint density at radius 1 is 1.27 bits per heavy atom. The van der Waals surface area contributed by atoms with Crippen molar-refractivity contribution in [3.05, 3.63) is 29.3 Å². The Kier molecular flexibility index (Phi) is 3.93. The number of ether oxygens (including phenoxy) is 1. The van der Waals surface area contributed by atoms with E-state index >= 15 is 0 Å². The molecular weight excluding hydrogens is 322 g/mol. The molecule has 1 aromatic rings. The van der Waals surface area contributed by atoms with Crippen molar-refractivity contribution in [2.75, 3.05) is 20.2 Å². The Morgan fingerprint density at radius 3 is 2.85 bits per heavy atom. The van der Waals surface area contributed by atoms with E-state index in [1.165, 1.54) is 36.9 Å². The molecule has 3 aliphatic carbocycles. The van der Waals surface area contributed by atoms with Crippen LogP contribution in [0, 0.1) is 17.8 Å². The number of hydrogen-bond acceptors (Lipinski definition) is 3. The van der Waals surface area contributed by atoms with Crippen molar-refractivity contribution in [1.82, 2.24) is 4.90 Å². The average Bonchev–Trinajstić information content (AvgIpc) is 2.58. The van der Waals surface area contributed by atoms with Gasteiger partial charge < -0.3 is 4.74 Å². The fraction of sp³-hybridized carbons (Fsp3) is 0.696. The van der Waals surface area contributed by atoms with Gasteiger partial charge in [-0.15, -0.1) is 0 Å². The van der Waals surface area contributed by atoms with Gasteiger partial charge in [-0.1, -0.05) is 19.4 Å². The van der Waals surface area contributed by atoms with E-state index in [-0.39, 0.29) is 5.41 Å². The van der Waals surface area contributed by atoms with Crippen molar-refractivity contribution in [2.24, 2.45) is 17.8 Å². The van der Waals surface area contributed by atoms with Crippen molar-refractivity contribution in [3.8, 4) is 5.75 Å². The molecule has 0 N–H and O–H groups in total. The first-order chi connectivity index (χ1) is 12.6. The topological polar surface area (TPSA) is 29.5 Å². The third-order valence-electron chi connectivity index (χ3n) is 8.04. The maximum atomic E-state index is 12.7. The van der Waals surface area contributed by atoms with E-state index in [9.17, 15) is 4.79 Å². The molecule has 3 fully saturated rings. The van der Waals surface area contributed by atoms with Gasteiger partial charge in [0.2, 0.25) is 0 Å². The zero-order chi connectivity index (χ0) is 17.9. The Bertz CT molecular complexity index is 725. The molecule has 1 heterocycles. The second-order valence-electron chi connectivity index (χ2n) is 9.42. The third kappa shape index (κ3) is 2.39. The van der Waals surface area contributed by atoms with Crippen molar-refractivity contribution < 1.29 is 9.53 Å². The number of benzene rings is 1. The predicted molar refractivity (Wildman–Crippen MR) is 103 cm³/mol. The lowest BCUT2D eigenvalue weighted by molar-refractivity contribution is -0.131. The molecule has 4 aliphatic rings. The SMILES string of the molecule is COc1ccc2c(c1)[C@]13CCN(CC4CCC4)[C@H](C2)[C@@H]1C(C)CC(=O)C3. The molecule has 1 saturated heterocycles. The molecule has 26 heavy (non-hydrogen) atoms. The minimum Gasteiger partial charge on any atom is -0.497 e. The number of rotatable bonds is 3. The highest BCUT2D eigenvalue weighted by atomic mass is 16.5. The average molecular weight is 354 g/mol. The van der Waals surface area contributed by atoms with Gasteiger partial charge in [0.15, 0.2) is 0 Å². The van der Waals surface area contributed by atoms with Crippen LogP contribution < -0.4 is 4.74 Å². The summed E-state index contributed by atoms with van der Waals surface area (Å²) in [6.07, 6.45) is 8.06. The summed E-state index contributed by atoms with van der Waals surface area (Å²) in [4.78, 5) is 15.5. The lowest BCUT2D eigenvalue weighted by Gasteiger charge is -2.61. The number of carbonyl (C=O) groups excluding carboxylic acids is 1. The van der Waals surface area contributed by atoms with Crippen LogP contribution in [0.15, 0.2) is 18.2 Å². The second-order valence-corrected chi connectivity index (χ2v) is 9.42. The summed E-state index contributed by atoms with van der Waals surface area (Å²) in [5.74, 6) is 3.44. The first kappa shape index (κ1) is 16.8. The van der Waals surface area contributed by atoms with Crippen LogP contribution in [-0.4, -0.2) is 36.9 Å². The van der Waals surface area contributed by atoms with Gasteiger partial charge in [0.25, 0.3) is 0 Å². The quantitative estimate of drug-likeness (QED) is 0.823. The molecule has 1 aromatic carbocycles. The number of carbonyl (C=O) groups is 1. The van der Waals surface area contributed by atoms with Gasteiger partial charge in [-0.2, -0.15) is 0 Å². The van der Waals surface area contributed by atoms with Crippen LogP contribution in [0.25, 0.3) is 0 Å². The summed E-state index contributed by atoms with van der Waals surface area (Å²) in [5, 5.41) is 0. The van der Waals surface area contributed by atoms with Crippen molar-refractivity contribution in [2.45, 2.75) is 63.3 Å². The van der Waals surface area contributed by atoms with Crippen LogP contribution in [-0.2, 0) is 16.6 Å². The molecular formula is C23H31NO2. The van der Waals surface area contributed by atoms with Crippen molar-refractivity contribution >= 4 is 5.78 Å². The molecule has 2 bridgehead atoms. The van der Waals surface area contributed by atoms with E-state index in [0.29, 0.717) is 23.7 Å². The summed E-state index contributed by atoms with van der Waals surface area (Å²) in [6.45, 7) is 4.78. The molecule has 0 radical (unpaired) electrons. The molecule has 2 saturated carbocycles. The fourth-order valence-corrected chi connectivity index (χ4v) is 6.76. The van der Waals surface area contributed by atoms with Crippen LogP contribution >= 0.6 is 0 Å². The maximum absolute atomic E-state index is 12.7. The molecule has 0 spiro atoms. The van der Waals surface area contributed by atoms with Crippen LogP contribution in [0.5, 0.6) is 5.75 Å². The van der Waals surface area contributed by atoms with Crippen molar-refractivity contribution in [3.63, 3.8) is 0 Å². The summed E-state index contributed by atoms with van der Waals surface area (Å²) in [5.41, 5.74) is 2.95. The van der Waals surface area contributed by atoms with Gasteiger partial charge in [0, 0.05) is 30.8 Å². The van der Waals surface area contributed by atoms with E-state index in [1.807, 2.05) is 0 Å². The van der Waals surface area contributed by atoms with Crippen molar-refractivity contribution in [1.29, 1.82) is 0 Å². The minimum atomic E-state index is 0.0532. The monoisotopic (exact) mass is 353 g/mol. The number of fused-ring (bicyclic) bond motifs is 1. The van der Waals surface area contributed by atoms with Gasteiger partial charge in [0.05, 0.1) is 7.11 Å². The van der Waals surface area contributed by atoms with E-state index in [2.05, 4.69) is 30.0 Å². The van der Waals surface area contributed by atoms with Crippen LogP contribution in [0.3, 0.4) is 0 Å². The van der Waals surface area contributed by atoms with Crippen LogP contribution in [0.2, 0.25) is 0 Å². The number of nitrogens with zero attached hydrogens (tertiary/aromatic N) is 1. The lowest BCUT2D eigenvalue weighted by Crippen LogP contribution is -2.64. The van der Waals surface area contributed by atoms with Gasteiger partial charge in [-0.25, -0.2) is 0 Å². The molecule has 3 heteroatoms. The Hall–Kier alpha value is -1.35. The normalized spacial score (nSPS) is 36.8. The lowest BCUT2D eigenvalue weighted by atomic mass is 9.49. The maximum Gasteiger partial charge on any atom is 0.134 e.